The number of nitrogens with one attached hydrogen (secondary N) is 1. The molecule has 0 spiro atoms. The molecule has 4 aromatic rings. The molecule has 6 nitrogen and oxygen atoms in total. The van der Waals surface area contributed by atoms with E-state index in [1.165, 1.54) is 22.7 Å². The molecule has 0 aliphatic carbocycles. The van der Waals surface area contributed by atoms with Crippen LogP contribution in [-0.4, -0.2) is 20.4 Å². The van der Waals surface area contributed by atoms with Crippen LogP contribution in [0, 0.1) is 13.8 Å². The van der Waals surface area contributed by atoms with E-state index in [1.807, 2.05) is 44.2 Å². The van der Waals surface area contributed by atoms with E-state index in [1.54, 1.807) is 4.57 Å². The summed E-state index contributed by atoms with van der Waals surface area (Å²) in [4.78, 5) is 37.1. The third-order valence-corrected chi connectivity index (χ3v) is 7.48. The quantitative estimate of drug-likeness (QED) is 0.531. The van der Waals surface area contributed by atoms with Crippen molar-refractivity contribution in [3.8, 4) is 10.4 Å². The average Bonchev–Trinajstić information content (AvgIpc) is 3.40. The molecule has 0 saturated carbocycles. The molecule has 1 aliphatic rings. The summed E-state index contributed by atoms with van der Waals surface area (Å²) in [6.07, 6.45) is 1.75. The third-order valence-electron chi connectivity index (χ3n) is 5.17. The average molecular weight is 423 g/mol. The highest BCUT2D eigenvalue weighted by molar-refractivity contribution is 7.21. The molecular formula is C21H18N4O2S2. The monoisotopic (exact) mass is 422 g/mol. The van der Waals surface area contributed by atoms with Gasteiger partial charge in [-0.05, 0) is 31.4 Å². The molecule has 0 fully saturated rings. The van der Waals surface area contributed by atoms with Gasteiger partial charge in [0.1, 0.15) is 10.7 Å². The Morgan fingerprint density at radius 2 is 1.93 bits per heavy atom. The SMILES string of the molecule is Cc1nc(NC(=O)c2sc3nc4n(c(=O)c3c2C)CCC4)sc1-c1ccccc1. The number of anilines is 1. The minimum absolute atomic E-state index is 0.0354. The fourth-order valence-corrected chi connectivity index (χ4v) is 5.81. The maximum atomic E-state index is 13.0. The number of thiophene rings is 1. The van der Waals surface area contributed by atoms with Gasteiger partial charge in [0.2, 0.25) is 0 Å². The molecule has 3 aromatic heterocycles. The van der Waals surface area contributed by atoms with Gasteiger partial charge >= 0.3 is 0 Å². The van der Waals surface area contributed by atoms with Gasteiger partial charge in [0.05, 0.1) is 20.8 Å². The molecule has 4 heterocycles. The van der Waals surface area contributed by atoms with Crippen molar-refractivity contribution in [3.63, 3.8) is 0 Å². The second-order valence-electron chi connectivity index (χ2n) is 7.08. The predicted molar refractivity (Wildman–Crippen MR) is 117 cm³/mol. The summed E-state index contributed by atoms with van der Waals surface area (Å²) in [6.45, 7) is 4.46. The van der Waals surface area contributed by atoms with Crippen LogP contribution in [0.4, 0.5) is 5.13 Å². The molecule has 29 heavy (non-hydrogen) atoms. The van der Waals surface area contributed by atoms with Crippen LogP contribution in [0.5, 0.6) is 0 Å². The van der Waals surface area contributed by atoms with Gasteiger partial charge in [-0.25, -0.2) is 9.97 Å². The summed E-state index contributed by atoms with van der Waals surface area (Å²) in [7, 11) is 0. The van der Waals surface area contributed by atoms with E-state index in [0.717, 1.165) is 34.8 Å². The number of hydrogen-bond acceptors (Lipinski definition) is 6. The normalized spacial score (nSPS) is 13.0. The number of aryl methyl sites for hydroxylation is 3. The zero-order chi connectivity index (χ0) is 20.1. The lowest BCUT2D eigenvalue weighted by Crippen LogP contribution is -2.20. The summed E-state index contributed by atoms with van der Waals surface area (Å²) >= 11 is 2.73. The minimum atomic E-state index is -0.247. The second kappa shape index (κ2) is 6.89. The molecular weight excluding hydrogens is 404 g/mol. The maximum Gasteiger partial charge on any atom is 0.267 e. The largest absolute Gasteiger partial charge is 0.297 e. The zero-order valence-electron chi connectivity index (χ0n) is 16.0. The highest BCUT2D eigenvalue weighted by Crippen LogP contribution is 2.34. The van der Waals surface area contributed by atoms with Crippen molar-refractivity contribution in [2.24, 2.45) is 0 Å². The molecule has 146 valence electrons. The van der Waals surface area contributed by atoms with Crippen molar-refractivity contribution in [1.82, 2.24) is 14.5 Å². The van der Waals surface area contributed by atoms with Crippen LogP contribution in [0.15, 0.2) is 35.1 Å². The van der Waals surface area contributed by atoms with Crippen LogP contribution in [0.25, 0.3) is 20.7 Å². The Kier molecular flexibility index (Phi) is 4.33. The second-order valence-corrected chi connectivity index (χ2v) is 9.08. The number of hydrogen-bond donors (Lipinski definition) is 1. The number of carbonyl (C=O) groups excluding carboxylic acids is 1. The molecule has 8 heteroatoms. The van der Waals surface area contributed by atoms with E-state index >= 15 is 0 Å². The molecule has 1 aliphatic heterocycles. The summed E-state index contributed by atoms with van der Waals surface area (Å²) in [5.74, 6) is 0.571. The van der Waals surface area contributed by atoms with Crippen LogP contribution in [0.3, 0.4) is 0 Å². The fraction of sp³-hybridized carbons (Fsp3) is 0.238. The predicted octanol–water partition coefficient (Wildman–Crippen LogP) is 4.40. The number of carbonyl (C=O) groups is 1. The van der Waals surface area contributed by atoms with Gasteiger partial charge in [0.25, 0.3) is 11.5 Å². The molecule has 1 N–H and O–H groups in total. The highest BCUT2D eigenvalue weighted by Gasteiger charge is 2.24. The first kappa shape index (κ1) is 18.2. The summed E-state index contributed by atoms with van der Waals surface area (Å²) < 4.78 is 1.74. The van der Waals surface area contributed by atoms with E-state index in [0.29, 0.717) is 32.3 Å². The standard InChI is InChI=1S/C21H18N4O2S2/c1-11-15-19(23-14-9-6-10-25(14)20(15)27)28-16(11)18(26)24-21-22-12(2)17(29-21)13-7-4-3-5-8-13/h3-5,7-8H,6,9-10H2,1-2H3,(H,22,24,26). The van der Waals surface area contributed by atoms with Crippen molar-refractivity contribution in [3.05, 3.63) is 62.6 Å². The number of benzene rings is 1. The van der Waals surface area contributed by atoms with Crippen LogP contribution < -0.4 is 10.9 Å². The fourth-order valence-electron chi connectivity index (χ4n) is 3.75. The Morgan fingerprint density at radius 3 is 2.72 bits per heavy atom. The van der Waals surface area contributed by atoms with Crippen LogP contribution in [-0.2, 0) is 13.0 Å². The number of fused-ring (bicyclic) bond motifs is 2. The van der Waals surface area contributed by atoms with E-state index in [2.05, 4.69) is 15.3 Å². The lowest BCUT2D eigenvalue weighted by molar-refractivity contribution is 0.103. The van der Waals surface area contributed by atoms with Crippen molar-refractivity contribution in [1.29, 1.82) is 0 Å². The molecule has 0 saturated heterocycles. The Labute approximate surface area is 174 Å². The van der Waals surface area contributed by atoms with Gasteiger partial charge in [-0.15, -0.1) is 11.3 Å². The summed E-state index contributed by atoms with van der Waals surface area (Å²) in [5.41, 5.74) is 2.61. The number of amides is 1. The molecule has 0 radical (unpaired) electrons. The van der Waals surface area contributed by atoms with Crippen molar-refractivity contribution in [2.75, 3.05) is 5.32 Å². The van der Waals surface area contributed by atoms with E-state index in [9.17, 15) is 9.59 Å². The Bertz CT molecular complexity index is 1320. The third kappa shape index (κ3) is 2.99. The topological polar surface area (TPSA) is 76.9 Å². The number of aromatic nitrogens is 3. The summed E-state index contributed by atoms with van der Waals surface area (Å²) in [5, 5.41) is 4.02. The Balaban J connectivity index is 1.49. The molecule has 1 amide bonds. The zero-order valence-corrected chi connectivity index (χ0v) is 17.6. The summed E-state index contributed by atoms with van der Waals surface area (Å²) in [6, 6.07) is 9.99. The first-order chi connectivity index (χ1) is 14.0. The van der Waals surface area contributed by atoms with E-state index in [-0.39, 0.29) is 11.5 Å². The van der Waals surface area contributed by atoms with Crippen LogP contribution in [0.1, 0.15) is 33.2 Å². The number of rotatable bonds is 3. The van der Waals surface area contributed by atoms with Crippen molar-refractivity contribution >= 4 is 43.9 Å². The van der Waals surface area contributed by atoms with Gasteiger partial charge in [-0.1, -0.05) is 41.7 Å². The first-order valence-electron chi connectivity index (χ1n) is 9.40. The van der Waals surface area contributed by atoms with Crippen molar-refractivity contribution < 1.29 is 4.79 Å². The van der Waals surface area contributed by atoms with Crippen LogP contribution in [0.2, 0.25) is 0 Å². The van der Waals surface area contributed by atoms with Gasteiger partial charge in [0.15, 0.2) is 5.13 Å². The minimum Gasteiger partial charge on any atom is -0.297 e. The molecule has 0 atom stereocenters. The maximum absolute atomic E-state index is 13.0. The molecule has 5 rings (SSSR count). The van der Waals surface area contributed by atoms with Gasteiger partial charge in [0, 0.05) is 13.0 Å². The lowest BCUT2D eigenvalue weighted by Gasteiger charge is -2.02. The van der Waals surface area contributed by atoms with E-state index < -0.39 is 0 Å². The smallest absolute Gasteiger partial charge is 0.267 e. The van der Waals surface area contributed by atoms with Crippen molar-refractivity contribution in [2.45, 2.75) is 33.2 Å². The van der Waals surface area contributed by atoms with Gasteiger partial charge in [-0.3, -0.25) is 19.5 Å². The molecule has 1 aromatic carbocycles. The molecule has 0 bridgehead atoms. The first-order valence-corrected chi connectivity index (χ1v) is 11.0. The number of thiazole rings is 1. The Hall–Kier alpha value is -2.84. The highest BCUT2D eigenvalue weighted by atomic mass is 32.1. The van der Waals surface area contributed by atoms with Gasteiger partial charge in [-0.2, -0.15) is 0 Å². The Morgan fingerprint density at radius 1 is 1.14 bits per heavy atom. The number of nitrogens with zero attached hydrogens (tertiary/aromatic N) is 3. The molecule has 0 unspecified atom stereocenters. The van der Waals surface area contributed by atoms with Gasteiger partial charge < -0.3 is 0 Å². The lowest BCUT2D eigenvalue weighted by atomic mass is 10.2. The van der Waals surface area contributed by atoms with Crippen LogP contribution >= 0.6 is 22.7 Å². The van der Waals surface area contributed by atoms with E-state index in [4.69, 9.17) is 0 Å².